The number of amides is 3. The molecule has 6 nitrogen and oxygen atoms in total. The molecule has 0 atom stereocenters. The Labute approximate surface area is 142 Å². The molecule has 0 aliphatic heterocycles. The van der Waals surface area contributed by atoms with E-state index in [2.05, 4.69) is 17.6 Å². The number of unbranched alkanes of at least 4 members (excludes halogenated alkanes) is 5. The van der Waals surface area contributed by atoms with Gasteiger partial charge >= 0.3 is 12.1 Å². The molecular formula is C16H26ClN3O3. The summed E-state index contributed by atoms with van der Waals surface area (Å²) < 4.78 is 0. The van der Waals surface area contributed by atoms with Crippen molar-refractivity contribution in [3.05, 3.63) is 29.3 Å². The summed E-state index contributed by atoms with van der Waals surface area (Å²) in [6.45, 7) is 2.93. The molecule has 1 aromatic carbocycles. The summed E-state index contributed by atoms with van der Waals surface area (Å²) in [6, 6.07) is 6.01. The van der Waals surface area contributed by atoms with Gasteiger partial charge in [-0.3, -0.25) is 5.32 Å². The fourth-order valence-corrected chi connectivity index (χ4v) is 1.90. The zero-order valence-corrected chi connectivity index (χ0v) is 14.2. The minimum atomic E-state index is -1.08. The highest BCUT2D eigenvalue weighted by molar-refractivity contribution is 6.30. The lowest BCUT2D eigenvalue weighted by Crippen LogP contribution is -2.29. The first-order chi connectivity index (χ1) is 11.0. The third-order valence-corrected chi connectivity index (χ3v) is 3.18. The Kier molecular flexibility index (Phi) is 12.5. The van der Waals surface area contributed by atoms with E-state index in [0.29, 0.717) is 10.7 Å². The largest absolute Gasteiger partial charge is 0.465 e. The second-order valence-electron chi connectivity index (χ2n) is 5.00. The number of benzene rings is 1. The zero-order valence-electron chi connectivity index (χ0n) is 13.5. The van der Waals surface area contributed by atoms with E-state index in [1.807, 2.05) is 0 Å². The van der Waals surface area contributed by atoms with E-state index < -0.39 is 12.1 Å². The Bertz CT molecular complexity index is 452. The minimum Gasteiger partial charge on any atom is -0.465 e. The van der Waals surface area contributed by atoms with Crippen LogP contribution in [0.15, 0.2) is 24.3 Å². The normalized spacial score (nSPS) is 9.48. The Morgan fingerprint density at radius 3 is 2.17 bits per heavy atom. The maximum Gasteiger partial charge on any atom is 0.409 e. The number of urea groups is 1. The third-order valence-electron chi connectivity index (χ3n) is 2.93. The Balaban J connectivity index is 0.000000422. The number of primary amides is 1. The van der Waals surface area contributed by atoms with Gasteiger partial charge in [0, 0.05) is 17.3 Å². The molecule has 0 aromatic heterocycles. The Hall–Kier alpha value is -1.95. The number of halogens is 1. The van der Waals surface area contributed by atoms with Crippen molar-refractivity contribution in [3.63, 3.8) is 0 Å². The van der Waals surface area contributed by atoms with Crippen LogP contribution in [0, 0.1) is 0 Å². The van der Waals surface area contributed by atoms with Crippen LogP contribution in [-0.4, -0.2) is 23.8 Å². The first-order valence-corrected chi connectivity index (χ1v) is 8.12. The molecule has 0 heterocycles. The van der Waals surface area contributed by atoms with Gasteiger partial charge in [0.25, 0.3) is 0 Å². The quantitative estimate of drug-likeness (QED) is 0.524. The van der Waals surface area contributed by atoms with Gasteiger partial charge in [0.1, 0.15) is 0 Å². The number of nitrogens with one attached hydrogen (secondary N) is 2. The van der Waals surface area contributed by atoms with Crippen LogP contribution in [0.1, 0.15) is 45.4 Å². The molecule has 0 saturated heterocycles. The average Bonchev–Trinajstić information content (AvgIpc) is 2.49. The van der Waals surface area contributed by atoms with Crippen molar-refractivity contribution < 1.29 is 14.7 Å². The summed E-state index contributed by atoms with van der Waals surface area (Å²) in [5.41, 5.74) is 5.42. The second kappa shape index (κ2) is 13.7. The summed E-state index contributed by atoms with van der Waals surface area (Å²) in [6.07, 6.45) is 6.35. The van der Waals surface area contributed by atoms with E-state index in [0.717, 1.165) is 13.0 Å². The van der Waals surface area contributed by atoms with Crippen LogP contribution in [0.2, 0.25) is 5.02 Å². The van der Waals surface area contributed by atoms with Crippen molar-refractivity contribution in [1.29, 1.82) is 0 Å². The van der Waals surface area contributed by atoms with E-state index in [9.17, 15) is 9.59 Å². The fraction of sp³-hybridized carbons (Fsp3) is 0.500. The van der Waals surface area contributed by atoms with E-state index >= 15 is 0 Å². The fourth-order valence-electron chi connectivity index (χ4n) is 1.77. The van der Waals surface area contributed by atoms with Crippen LogP contribution >= 0.6 is 11.6 Å². The first-order valence-electron chi connectivity index (χ1n) is 7.74. The van der Waals surface area contributed by atoms with Crippen LogP contribution < -0.4 is 16.4 Å². The molecule has 7 heteroatoms. The molecule has 3 amide bonds. The van der Waals surface area contributed by atoms with Gasteiger partial charge in [-0.2, -0.15) is 0 Å². The van der Waals surface area contributed by atoms with E-state index in [-0.39, 0.29) is 0 Å². The highest BCUT2D eigenvalue weighted by atomic mass is 35.5. The predicted molar refractivity (Wildman–Crippen MR) is 94.1 cm³/mol. The first kappa shape index (κ1) is 21.0. The Morgan fingerprint density at radius 1 is 1.09 bits per heavy atom. The lowest BCUT2D eigenvalue weighted by Gasteiger charge is -2.01. The molecule has 0 radical (unpaired) electrons. The van der Waals surface area contributed by atoms with Crippen molar-refractivity contribution in [2.75, 3.05) is 11.9 Å². The summed E-state index contributed by atoms with van der Waals surface area (Å²) in [5.74, 6) is 0. The van der Waals surface area contributed by atoms with Crippen LogP contribution in [0.4, 0.5) is 15.3 Å². The van der Waals surface area contributed by atoms with Crippen molar-refractivity contribution in [2.24, 2.45) is 5.73 Å². The molecule has 1 aromatic rings. The highest BCUT2D eigenvalue weighted by Gasteiger charge is 1.95. The molecule has 0 aliphatic rings. The standard InChI is InChI=1S/C9H20N2O.C7H6ClNO2/c1-2-3-4-5-6-7-8-11-9(10)12;8-5-1-3-6(4-2-5)9-7(10)11/h2-8H2,1H3,(H3,10,11,12);1-4,9H,(H,10,11). The van der Waals surface area contributed by atoms with Gasteiger partial charge in [-0.05, 0) is 30.7 Å². The third kappa shape index (κ3) is 14.7. The van der Waals surface area contributed by atoms with E-state index in [1.165, 1.54) is 32.1 Å². The van der Waals surface area contributed by atoms with Crippen molar-refractivity contribution in [2.45, 2.75) is 45.4 Å². The lowest BCUT2D eigenvalue weighted by atomic mass is 10.1. The van der Waals surface area contributed by atoms with E-state index in [4.69, 9.17) is 22.4 Å². The van der Waals surface area contributed by atoms with Gasteiger partial charge in [0.05, 0.1) is 0 Å². The lowest BCUT2D eigenvalue weighted by molar-refractivity contribution is 0.209. The van der Waals surface area contributed by atoms with Gasteiger partial charge in [-0.1, -0.05) is 50.6 Å². The number of rotatable bonds is 8. The van der Waals surface area contributed by atoms with Crippen LogP contribution in [0.5, 0.6) is 0 Å². The molecule has 0 aliphatic carbocycles. The average molecular weight is 344 g/mol. The zero-order chi connectivity index (χ0) is 17.5. The Morgan fingerprint density at radius 2 is 1.65 bits per heavy atom. The van der Waals surface area contributed by atoms with Gasteiger partial charge < -0.3 is 16.2 Å². The molecule has 0 fully saturated rings. The number of nitrogens with two attached hydrogens (primary N) is 1. The molecule has 0 spiro atoms. The number of carboxylic acid groups (broad SMARTS) is 1. The van der Waals surface area contributed by atoms with Crippen molar-refractivity contribution in [1.82, 2.24) is 5.32 Å². The van der Waals surface area contributed by atoms with Gasteiger partial charge in [-0.15, -0.1) is 0 Å². The molecule has 130 valence electrons. The molecule has 0 unspecified atom stereocenters. The number of carbonyl (C=O) groups excluding carboxylic acids is 1. The summed E-state index contributed by atoms with van der Waals surface area (Å²) >= 11 is 5.57. The molecule has 23 heavy (non-hydrogen) atoms. The summed E-state index contributed by atoms with van der Waals surface area (Å²) in [5, 5.41) is 13.6. The molecule has 1 rings (SSSR count). The van der Waals surface area contributed by atoms with Crippen molar-refractivity contribution >= 4 is 29.4 Å². The molecule has 0 saturated carbocycles. The summed E-state index contributed by atoms with van der Waals surface area (Å²) in [4.78, 5) is 20.4. The van der Waals surface area contributed by atoms with E-state index in [1.54, 1.807) is 24.3 Å². The van der Waals surface area contributed by atoms with Gasteiger partial charge in [0.15, 0.2) is 0 Å². The topological polar surface area (TPSA) is 104 Å². The van der Waals surface area contributed by atoms with Gasteiger partial charge in [-0.25, -0.2) is 9.59 Å². The van der Waals surface area contributed by atoms with Crippen LogP contribution in [0.3, 0.4) is 0 Å². The molecule has 0 bridgehead atoms. The maximum absolute atomic E-state index is 10.2. The number of hydrogen-bond donors (Lipinski definition) is 4. The highest BCUT2D eigenvalue weighted by Crippen LogP contribution is 2.12. The molecular weight excluding hydrogens is 318 g/mol. The maximum atomic E-state index is 10.2. The smallest absolute Gasteiger partial charge is 0.409 e. The van der Waals surface area contributed by atoms with Crippen LogP contribution in [-0.2, 0) is 0 Å². The SMILES string of the molecule is CCCCCCCCNC(N)=O.O=C(O)Nc1ccc(Cl)cc1. The summed E-state index contributed by atoms with van der Waals surface area (Å²) in [7, 11) is 0. The monoisotopic (exact) mass is 343 g/mol. The predicted octanol–water partition coefficient (Wildman–Crippen LogP) is 4.45. The van der Waals surface area contributed by atoms with Crippen molar-refractivity contribution in [3.8, 4) is 0 Å². The second-order valence-corrected chi connectivity index (χ2v) is 5.43. The minimum absolute atomic E-state index is 0.413. The number of hydrogen-bond acceptors (Lipinski definition) is 2. The number of anilines is 1. The van der Waals surface area contributed by atoms with Crippen LogP contribution in [0.25, 0.3) is 0 Å². The number of carbonyl (C=O) groups is 2. The van der Waals surface area contributed by atoms with Gasteiger partial charge in [0.2, 0.25) is 0 Å². The molecule has 5 N–H and O–H groups in total.